The van der Waals surface area contributed by atoms with E-state index < -0.39 is 10.1 Å². The summed E-state index contributed by atoms with van der Waals surface area (Å²) in [6, 6.07) is 1.78. The molecule has 0 saturated heterocycles. The number of nitrogens with zero attached hydrogens (tertiary/aromatic N) is 4. The molecule has 9 heteroatoms. The van der Waals surface area contributed by atoms with Crippen LogP contribution in [0.25, 0.3) is 11.3 Å². The van der Waals surface area contributed by atoms with Gasteiger partial charge < -0.3 is 0 Å². The third-order valence-electron chi connectivity index (χ3n) is 2.46. The van der Waals surface area contributed by atoms with Crippen LogP contribution in [0.2, 0.25) is 5.15 Å². The Kier molecular flexibility index (Phi) is 4.58. The fourth-order valence-electron chi connectivity index (χ4n) is 1.56. The second-order valence-electron chi connectivity index (χ2n) is 4.05. The van der Waals surface area contributed by atoms with Gasteiger partial charge in [-0.2, -0.15) is 8.42 Å². The average Bonchev–Trinajstić information content (AvgIpc) is 2.38. The summed E-state index contributed by atoms with van der Waals surface area (Å²) in [7, 11) is -3.92. The molecule has 0 atom stereocenters. The van der Waals surface area contributed by atoms with Crippen LogP contribution >= 0.6 is 11.6 Å². The Hall–Kier alpha value is -1.64. The summed E-state index contributed by atoms with van der Waals surface area (Å²) >= 11 is 5.76. The van der Waals surface area contributed by atoms with Crippen LogP contribution in [-0.2, 0) is 16.7 Å². The topological polar surface area (TPSA) is 96.9 Å². The van der Waals surface area contributed by atoms with E-state index in [4.69, 9.17) is 16.2 Å². The maximum Gasteiger partial charge on any atom is 0.265 e. The molecule has 106 valence electrons. The van der Waals surface area contributed by atoms with Gasteiger partial charge in [0.2, 0.25) is 0 Å². The molecule has 0 aliphatic rings. The lowest BCUT2D eigenvalue weighted by atomic mass is 10.2. The lowest BCUT2D eigenvalue weighted by molar-refractivity contribution is -0.753. The molecule has 0 unspecified atom stereocenters. The van der Waals surface area contributed by atoms with Crippen LogP contribution in [0.4, 0.5) is 0 Å². The van der Waals surface area contributed by atoms with Gasteiger partial charge in [-0.15, -0.1) is 0 Å². The smallest absolute Gasteiger partial charge is 0.265 e. The zero-order valence-corrected chi connectivity index (χ0v) is 11.9. The zero-order valence-electron chi connectivity index (χ0n) is 10.3. The molecule has 2 aromatic rings. The molecule has 20 heavy (non-hydrogen) atoms. The summed E-state index contributed by atoms with van der Waals surface area (Å²) in [4.78, 5) is 8.05. The summed E-state index contributed by atoms with van der Waals surface area (Å²) in [6.07, 6.45) is 6.59. The summed E-state index contributed by atoms with van der Waals surface area (Å²) in [6.45, 7) is 0.390. The second kappa shape index (κ2) is 6.21. The first kappa shape index (κ1) is 14.8. The third kappa shape index (κ3) is 4.48. The van der Waals surface area contributed by atoms with Gasteiger partial charge in [0.05, 0.1) is 23.8 Å². The van der Waals surface area contributed by atoms with Gasteiger partial charge in [0.1, 0.15) is 11.3 Å². The fourth-order valence-corrected chi connectivity index (χ4v) is 2.20. The van der Waals surface area contributed by atoms with Crippen LogP contribution in [0.5, 0.6) is 0 Å². The number of hydrogen-bond acceptors (Lipinski definition) is 5. The number of aromatic nitrogens is 4. The molecule has 2 aromatic heterocycles. The molecule has 0 amide bonds. The van der Waals surface area contributed by atoms with Crippen molar-refractivity contribution in [2.75, 3.05) is 5.75 Å². The van der Waals surface area contributed by atoms with Crippen molar-refractivity contribution in [3.05, 3.63) is 36.0 Å². The van der Waals surface area contributed by atoms with E-state index in [0.717, 1.165) is 5.56 Å². The summed E-state index contributed by atoms with van der Waals surface area (Å²) in [5.74, 6) is -0.288. The van der Waals surface area contributed by atoms with Gasteiger partial charge in [-0.1, -0.05) is 16.3 Å². The average molecular weight is 316 g/mol. The molecular formula is C11H12ClN4O3S+. The summed E-state index contributed by atoms with van der Waals surface area (Å²) in [5.41, 5.74) is 1.36. The Labute approximate surface area is 121 Å². The van der Waals surface area contributed by atoms with Gasteiger partial charge in [0, 0.05) is 18.1 Å². The Balaban J connectivity index is 2.03. The quantitative estimate of drug-likeness (QED) is 0.646. The largest absolute Gasteiger partial charge is 0.286 e. The lowest BCUT2D eigenvalue weighted by Gasteiger charge is -1.99. The van der Waals surface area contributed by atoms with Gasteiger partial charge in [-0.25, -0.2) is 4.98 Å². The number of aryl methyl sites for hydroxylation is 1. The Morgan fingerprint density at radius 1 is 1.30 bits per heavy atom. The van der Waals surface area contributed by atoms with Crippen molar-refractivity contribution in [3.8, 4) is 11.3 Å². The van der Waals surface area contributed by atoms with Crippen molar-refractivity contribution in [2.24, 2.45) is 0 Å². The van der Waals surface area contributed by atoms with E-state index in [-0.39, 0.29) is 12.2 Å². The maximum absolute atomic E-state index is 10.6. The predicted molar refractivity (Wildman–Crippen MR) is 71.5 cm³/mol. The number of rotatable bonds is 5. The van der Waals surface area contributed by atoms with Crippen molar-refractivity contribution in [2.45, 2.75) is 13.0 Å². The fraction of sp³-hybridized carbons (Fsp3) is 0.273. The molecule has 0 aromatic carbocycles. The summed E-state index contributed by atoms with van der Waals surface area (Å²) in [5, 5.41) is 4.43. The van der Waals surface area contributed by atoms with Gasteiger partial charge in [0.15, 0.2) is 12.7 Å². The zero-order chi connectivity index (χ0) is 14.6. The first-order valence-electron chi connectivity index (χ1n) is 5.73. The second-order valence-corrected chi connectivity index (χ2v) is 6.00. The van der Waals surface area contributed by atoms with Crippen molar-refractivity contribution in [3.63, 3.8) is 0 Å². The highest BCUT2D eigenvalue weighted by Crippen LogP contribution is 2.14. The highest BCUT2D eigenvalue weighted by Gasteiger charge is 2.09. The molecule has 0 fully saturated rings. The number of halogens is 1. The van der Waals surface area contributed by atoms with E-state index in [0.29, 0.717) is 17.4 Å². The standard InChI is InChI=1S/C11H11ClN4O3S/c12-11-8-13-7-10(15-11)9-2-4-16(14-6-9)3-1-5-20(17,18)19/h2,4,6-8H,1,3,5H2/p+1. The lowest BCUT2D eigenvalue weighted by Crippen LogP contribution is -2.38. The van der Waals surface area contributed by atoms with E-state index in [1.807, 2.05) is 0 Å². The van der Waals surface area contributed by atoms with E-state index in [2.05, 4.69) is 15.1 Å². The molecule has 0 aliphatic carbocycles. The molecular weight excluding hydrogens is 304 g/mol. The van der Waals surface area contributed by atoms with Crippen molar-refractivity contribution in [1.29, 1.82) is 0 Å². The SMILES string of the molecule is O=S(=O)(O)CCC[n+]1ccc(-c2cncc(Cl)n2)cn1. The number of hydrogen-bond donors (Lipinski definition) is 1. The van der Waals surface area contributed by atoms with Crippen LogP contribution in [0, 0.1) is 0 Å². The van der Waals surface area contributed by atoms with E-state index >= 15 is 0 Å². The van der Waals surface area contributed by atoms with Crippen LogP contribution in [0.3, 0.4) is 0 Å². The highest BCUT2D eigenvalue weighted by atomic mass is 35.5. The third-order valence-corrected chi connectivity index (χ3v) is 3.45. The molecule has 1 N–H and O–H groups in total. The normalized spacial score (nSPS) is 11.5. The van der Waals surface area contributed by atoms with E-state index in [1.165, 1.54) is 6.20 Å². The molecule has 0 radical (unpaired) electrons. The van der Waals surface area contributed by atoms with Crippen molar-refractivity contribution < 1.29 is 17.7 Å². The Morgan fingerprint density at radius 2 is 2.10 bits per heavy atom. The van der Waals surface area contributed by atoms with E-state index in [1.54, 1.807) is 29.3 Å². The minimum atomic E-state index is -3.92. The van der Waals surface area contributed by atoms with Crippen molar-refractivity contribution in [1.82, 2.24) is 15.1 Å². The Bertz CT molecular complexity index is 691. The van der Waals surface area contributed by atoms with Crippen LogP contribution in [0.15, 0.2) is 30.9 Å². The monoisotopic (exact) mass is 315 g/mol. The molecule has 7 nitrogen and oxygen atoms in total. The van der Waals surface area contributed by atoms with Gasteiger partial charge in [0.25, 0.3) is 10.1 Å². The van der Waals surface area contributed by atoms with E-state index in [9.17, 15) is 8.42 Å². The molecule has 0 bridgehead atoms. The van der Waals surface area contributed by atoms with Gasteiger partial charge in [-0.05, 0) is 5.10 Å². The first-order valence-corrected chi connectivity index (χ1v) is 7.71. The molecule has 2 heterocycles. The van der Waals surface area contributed by atoms with Gasteiger partial charge >= 0.3 is 0 Å². The van der Waals surface area contributed by atoms with Crippen LogP contribution in [-0.4, -0.2) is 33.8 Å². The van der Waals surface area contributed by atoms with Gasteiger partial charge in [-0.3, -0.25) is 9.54 Å². The Morgan fingerprint density at radius 3 is 2.70 bits per heavy atom. The molecule has 2 rings (SSSR count). The minimum Gasteiger partial charge on any atom is -0.286 e. The minimum absolute atomic E-state index is 0.285. The highest BCUT2D eigenvalue weighted by molar-refractivity contribution is 7.85. The maximum atomic E-state index is 10.6. The van der Waals surface area contributed by atoms with Crippen LogP contribution < -0.4 is 4.68 Å². The van der Waals surface area contributed by atoms with Crippen molar-refractivity contribution >= 4 is 21.7 Å². The molecule has 0 saturated carbocycles. The molecule has 0 aliphatic heterocycles. The molecule has 0 spiro atoms. The first-order chi connectivity index (χ1) is 9.44. The summed E-state index contributed by atoms with van der Waals surface area (Å²) < 4.78 is 31.4. The predicted octanol–water partition coefficient (Wildman–Crippen LogP) is 0.757. The van der Waals surface area contributed by atoms with Crippen LogP contribution in [0.1, 0.15) is 6.42 Å².